The summed E-state index contributed by atoms with van der Waals surface area (Å²) in [5, 5.41) is 0. The van der Waals surface area contributed by atoms with Crippen LogP contribution >= 0.6 is 12.4 Å². The predicted molar refractivity (Wildman–Crippen MR) is 74.2 cm³/mol. The standard InChI is InChI=1S/C14H15F6NO.ClH/c15-13(16,17)9-1-2-11(14(18,19)20)10(7-9)12(21)8-3-5-22-6-4-8;/h1-2,7-8,12H,3-6,21H2;1H/t12-;/m0./s1. The Hall–Kier alpha value is -0.990. The summed E-state index contributed by atoms with van der Waals surface area (Å²) >= 11 is 0. The number of rotatable bonds is 2. The van der Waals surface area contributed by atoms with E-state index in [-0.39, 0.29) is 18.3 Å². The van der Waals surface area contributed by atoms with Gasteiger partial charge in [0.05, 0.1) is 11.1 Å². The molecule has 1 aromatic rings. The van der Waals surface area contributed by atoms with Gasteiger partial charge in [0.15, 0.2) is 0 Å². The van der Waals surface area contributed by atoms with Crippen LogP contribution in [-0.2, 0) is 17.1 Å². The zero-order chi connectivity index (χ0) is 16.5. The fourth-order valence-corrected chi connectivity index (χ4v) is 2.60. The van der Waals surface area contributed by atoms with Crippen LogP contribution in [0, 0.1) is 5.92 Å². The maximum Gasteiger partial charge on any atom is 0.416 e. The lowest BCUT2D eigenvalue weighted by molar-refractivity contribution is -0.142. The van der Waals surface area contributed by atoms with Crippen LogP contribution in [0.5, 0.6) is 0 Å². The molecule has 0 amide bonds. The van der Waals surface area contributed by atoms with Crippen LogP contribution in [0.2, 0.25) is 0 Å². The van der Waals surface area contributed by atoms with Crippen molar-refractivity contribution in [2.75, 3.05) is 13.2 Å². The summed E-state index contributed by atoms with van der Waals surface area (Å²) in [6.45, 7) is 0.692. The fraction of sp³-hybridized carbons (Fsp3) is 0.571. The van der Waals surface area contributed by atoms with Crippen LogP contribution in [0.4, 0.5) is 26.3 Å². The molecule has 132 valence electrons. The summed E-state index contributed by atoms with van der Waals surface area (Å²) in [4.78, 5) is 0. The third kappa shape index (κ3) is 4.74. The van der Waals surface area contributed by atoms with E-state index >= 15 is 0 Å². The second-order valence-corrected chi connectivity index (χ2v) is 5.27. The number of benzene rings is 1. The first-order valence-corrected chi connectivity index (χ1v) is 6.72. The second kappa shape index (κ2) is 7.27. The lowest BCUT2D eigenvalue weighted by Crippen LogP contribution is -2.29. The van der Waals surface area contributed by atoms with Crippen molar-refractivity contribution in [2.24, 2.45) is 11.7 Å². The van der Waals surface area contributed by atoms with Crippen LogP contribution < -0.4 is 5.73 Å². The first kappa shape index (κ1) is 20.1. The highest BCUT2D eigenvalue weighted by Crippen LogP contribution is 2.40. The molecule has 1 atom stereocenters. The first-order valence-electron chi connectivity index (χ1n) is 6.72. The van der Waals surface area contributed by atoms with Gasteiger partial charge in [-0.1, -0.05) is 0 Å². The van der Waals surface area contributed by atoms with Crippen LogP contribution in [0.25, 0.3) is 0 Å². The molecule has 2 rings (SSSR count). The van der Waals surface area contributed by atoms with Gasteiger partial charge in [-0.3, -0.25) is 0 Å². The minimum Gasteiger partial charge on any atom is -0.381 e. The molecule has 2 nitrogen and oxygen atoms in total. The van der Waals surface area contributed by atoms with Gasteiger partial charge < -0.3 is 10.5 Å². The summed E-state index contributed by atoms with van der Waals surface area (Å²) in [5.74, 6) is -0.335. The zero-order valence-electron chi connectivity index (χ0n) is 11.9. The molecule has 0 saturated carbocycles. The Labute approximate surface area is 135 Å². The molecule has 1 aromatic carbocycles. The zero-order valence-corrected chi connectivity index (χ0v) is 12.7. The number of alkyl halides is 6. The molecule has 0 aliphatic carbocycles. The molecule has 1 saturated heterocycles. The van der Waals surface area contributed by atoms with Gasteiger partial charge in [0.25, 0.3) is 0 Å². The second-order valence-electron chi connectivity index (χ2n) is 5.27. The molecular formula is C14H16ClF6NO. The summed E-state index contributed by atoms with van der Waals surface area (Å²) in [6, 6.07) is 0.298. The Morgan fingerprint density at radius 1 is 1.00 bits per heavy atom. The van der Waals surface area contributed by atoms with Crippen molar-refractivity contribution >= 4 is 12.4 Å². The van der Waals surface area contributed by atoms with Crippen molar-refractivity contribution in [1.29, 1.82) is 0 Å². The van der Waals surface area contributed by atoms with E-state index in [4.69, 9.17) is 10.5 Å². The van der Waals surface area contributed by atoms with E-state index in [0.29, 0.717) is 44.3 Å². The molecule has 9 heteroatoms. The third-order valence-electron chi connectivity index (χ3n) is 3.82. The summed E-state index contributed by atoms with van der Waals surface area (Å²) in [6.07, 6.45) is -8.61. The average molecular weight is 364 g/mol. The van der Waals surface area contributed by atoms with E-state index in [1.165, 1.54) is 0 Å². The van der Waals surface area contributed by atoms with E-state index in [1.54, 1.807) is 0 Å². The van der Waals surface area contributed by atoms with Gasteiger partial charge in [0.1, 0.15) is 0 Å². The highest BCUT2D eigenvalue weighted by Gasteiger charge is 2.39. The maximum absolute atomic E-state index is 13.0. The number of hydrogen-bond acceptors (Lipinski definition) is 2. The summed E-state index contributed by atoms with van der Waals surface area (Å²) < 4.78 is 82.5. The molecule has 1 fully saturated rings. The third-order valence-corrected chi connectivity index (χ3v) is 3.82. The number of halogens is 7. The van der Waals surface area contributed by atoms with Crippen LogP contribution in [0.3, 0.4) is 0 Å². The number of nitrogens with two attached hydrogens (primary N) is 1. The molecule has 0 aromatic heterocycles. The van der Waals surface area contributed by atoms with Crippen molar-refractivity contribution in [1.82, 2.24) is 0 Å². The molecule has 0 unspecified atom stereocenters. The summed E-state index contributed by atoms with van der Waals surface area (Å²) in [7, 11) is 0. The van der Waals surface area contributed by atoms with E-state index in [9.17, 15) is 26.3 Å². The maximum atomic E-state index is 13.0. The average Bonchev–Trinajstić information content (AvgIpc) is 2.45. The molecule has 23 heavy (non-hydrogen) atoms. The molecule has 1 aliphatic rings. The smallest absolute Gasteiger partial charge is 0.381 e. The minimum absolute atomic E-state index is 0. The predicted octanol–water partition coefficient (Wildman–Crippen LogP) is 4.57. The van der Waals surface area contributed by atoms with Gasteiger partial charge in [0.2, 0.25) is 0 Å². The van der Waals surface area contributed by atoms with Crippen molar-refractivity contribution in [3.05, 3.63) is 34.9 Å². The van der Waals surface area contributed by atoms with Gasteiger partial charge in [-0.15, -0.1) is 12.4 Å². The first-order chi connectivity index (χ1) is 10.1. The molecule has 2 N–H and O–H groups in total. The van der Waals surface area contributed by atoms with E-state index in [0.717, 1.165) is 0 Å². The Morgan fingerprint density at radius 2 is 1.57 bits per heavy atom. The molecule has 1 heterocycles. The van der Waals surface area contributed by atoms with Gasteiger partial charge in [-0.25, -0.2) is 0 Å². The normalized spacial score (nSPS) is 18.4. The molecule has 1 aliphatic heterocycles. The Morgan fingerprint density at radius 3 is 2.04 bits per heavy atom. The van der Waals surface area contributed by atoms with Crippen molar-refractivity contribution < 1.29 is 31.1 Å². The van der Waals surface area contributed by atoms with Gasteiger partial charge in [-0.05, 0) is 42.5 Å². The Bertz CT molecular complexity index is 525. The molecule has 0 radical (unpaired) electrons. The molecule has 0 bridgehead atoms. The number of hydrogen-bond donors (Lipinski definition) is 1. The largest absolute Gasteiger partial charge is 0.416 e. The minimum atomic E-state index is -4.75. The topological polar surface area (TPSA) is 35.2 Å². The van der Waals surface area contributed by atoms with Gasteiger partial charge in [-0.2, -0.15) is 26.3 Å². The highest BCUT2D eigenvalue weighted by molar-refractivity contribution is 5.85. The lowest BCUT2D eigenvalue weighted by atomic mass is 9.85. The SMILES string of the molecule is Cl.N[C@H](c1cc(C(F)(F)F)ccc1C(F)(F)F)C1CCOCC1. The monoisotopic (exact) mass is 363 g/mol. The van der Waals surface area contributed by atoms with E-state index < -0.39 is 35.1 Å². The van der Waals surface area contributed by atoms with Crippen molar-refractivity contribution in [2.45, 2.75) is 31.2 Å². The molecule has 0 spiro atoms. The van der Waals surface area contributed by atoms with Crippen LogP contribution in [-0.4, -0.2) is 13.2 Å². The van der Waals surface area contributed by atoms with Crippen molar-refractivity contribution in [3.8, 4) is 0 Å². The van der Waals surface area contributed by atoms with Crippen molar-refractivity contribution in [3.63, 3.8) is 0 Å². The van der Waals surface area contributed by atoms with Crippen LogP contribution in [0.15, 0.2) is 18.2 Å². The van der Waals surface area contributed by atoms with Gasteiger partial charge >= 0.3 is 12.4 Å². The van der Waals surface area contributed by atoms with E-state index in [1.807, 2.05) is 0 Å². The Kier molecular flexibility index (Phi) is 6.34. The lowest BCUT2D eigenvalue weighted by Gasteiger charge is -2.30. The quantitative estimate of drug-likeness (QED) is 0.781. The highest BCUT2D eigenvalue weighted by atomic mass is 35.5. The van der Waals surface area contributed by atoms with Gasteiger partial charge in [0, 0.05) is 19.3 Å². The summed E-state index contributed by atoms with van der Waals surface area (Å²) in [5.41, 5.74) is 3.11. The van der Waals surface area contributed by atoms with Crippen LogP contribution in [0.1, 0.15) is 35.6 Å². The Balaban J connectivity index is 0.00000264. The fourth-order valence-electron chi connectivity index (χ4n) is 2.60. The van der Waals surface area contributed by atoms with E-state index in [2.05, 4.69) is 0 Å². The number of ether oxygens (including phenoxy) is 1. The molecular weight excluding hydrogens is 348 g/mol.